The Bertz CT molecular complexity index is 1090. The number of amides is 1. The Balaban J connectivity index is 1.90. The maximum atomic E-state index is 13.0. The summed E-state index contributed by atoms with van der Waals surface area (Å²) < 4.78 is 1.67. The molecule has 0 spiro atoms. The van der Waals surface area contributed by atoms with E-state index in [2.05, 4.69) is 24.1 Å². The van der Waals surface area contributed by atoms with E-state index in [1.54, 1.807) is 10.6 Å². The van der Waals surface area contributed by atoms with Gasteiger partial charge in [-0.05, 0) is 50.5 Å². The van der Waals surface area contributed by atoms with Gasteiger partial charge in [-0.3, -0.25) is 14.2 Å². The number of carbonyl (C=O) groups excluding carboxylic acids is 1. The third-order valence-electron chi connectivity index (χ3n) is 4.78. The summed E-state index contributed by atoms with van der Waals surface area (Å²) in [4.78, 5) is 30.5. The summed E-state index contributed by atoms with van der Waals surface area (Å²) in [7, 11) is 0. The summed E-state index contributed by atoms with van der Waals surface area (Å²) in [5, 5.41) is 3.78. The van der Waals surface area contributed by atoms with Crippen molar-refractivity contribution in [2.45, 2.75) is 57.0 Å². The molecule has 0 aliphatic rings. The zero-order valence-corrected chi connectivity index (χ0v) is 18.3. The lowest BCUT2D eigenvalue weighted by Crippen LogP contribution is -2.28. The Hall–Kier alpha value is -2.60. The second-order valence-electron chi connectivity index (χ2n) is 7.67. The van der Waals surface area contributed by atoms with Gasteiger partial charge in [0.1, 0.15) is 0 Å². The molecule has 0 fully saturated rings. The van der Waals surface area contributed by atoms with E-state index < -0.39 is 5.25 Å². The Morgan fingerprint density at radius 2 is 1.66 bits per heavy atom. The average molecular weight is 410 g/mol. The summed E-state index contributed by atoms with van der Waals surface area (Å²) in [5.74, 6) is 0.198. The summed E-state index contributed by atoms with van der Waals surface area (Å²) in [6, 6.07) is 15.1. The highest BCUT2D eigenvalue weighted by molar-refractivity contribution is 8.00. The maximum absolute atomic E-state index is 13.0. The monoisotopic (exact) mass is 409 g/mol. The molecule has 3 rings (SSSR count). The van der Waals surface area contributed by atoms with Crippen LogP contribution in [0.3, 0.4) is 0 Å². The lowest BCUT2D eigenvalue weighted by molar-refractivity contribution is -0.115. The zero-order valence-electron chi connectivity index (χ0n) is 17.5. The molecule has 6 heteroatoms. The molecule has 0 aliphatic carbocycles. The molecule has 0 bridgehead atoms. The SMILES string of the molecule is CC(C)c1ccccc1NC(=O)[C@H](C)Sc1nc2ccccc2c(=O)n1C(C)C. The molecule has 1 aromatic heterocycles. The first-order valence-corrected chi connectivity index (χ1v) is 10.7. The highest BCUT2D eigenvalue weighted by Gasteiger charge is 2.21. The van der Waals surface area contributed by atoms with Gasteiger partial charge in [-0.1, -0.05) is 55.9 Å². The molecule has 5 nitrogen and oxygen atoms in total. The second-order valence-corrected chi connectivity index (χ2v) is 8.98. The van der Waals surface area contributed by atoms with Crippen LogP contribution in [0.2, 0.25) is 0 Å². The number of aromatic nitrogens is 2. The first-order chi connectivity index (χ1) is 13.8. The van der Waals surface area contributed by atoms with Crippen LogP contribution < -0.4 is 10.9 Å². The molecule has 3 aromatic rings. The number of hydrogen-bond donors (Lipinski definition) is 1. The van der Waals surface area contributed by atoms with Crippen LogP contribution in [-0.2, 0) is 4.79 Å². The first-order valence-electron chi connectivity index (χ1n) is 9.87. The van der Waals surface area contributed by atoms with Crippen molar-refractivity contribution in [3.8, 4) is 0 Å². The Morgan fingerprint density at radius 1 is 1.00 bits per heavy atom. The Morgan fingerprint density at radius 3 is 2.34 bits per heavy atom. The lowest BCUT2D eigenvalue weighted by atomic mass is 10.0. The standard InChI is InChI=1S/C23H27N3O2S/c1-14(2)17-10-6-8-12-19(17)24-21(27)16(5)29-23-25-20-13-9-7-11-18(20)22(28)26(23)15(3)4/h6-16H,1-5H3,(H,24,27)/t16-/m0/s1. The van der Waals surface area contributed by atoms with Crippen molar-refractivity contribution >= 4 is 34.3 Å². The third-order valence-corrected chi connectivity index (χ3v) is 5.85. The van der Waals surface area contributed by atoms with Crippen LogP contribution in [0.1, 0.15) is 52.1 Å². The maximum Gasteiger partial charge on any atom is 0.262 e. The molecule has 152 valence electrons. The van der Waals surface area contributed by atoms with E-state index >= 15 is 0 Å². The van der Waals surface area contributed by atoms with Crippen molar-refractivity contribution in [2.75, 3.05) is 5.32 Å². The van der Waals surface area contributed by atoms with Gasteiger partial charge in [0.25, 0.3) is 5.56 Å². The predicted molar refractivity (Wildman–Crippen MR) is 121 cm³/mol. The van der Waals surface area contributed by atoms with E-state index in [0.29, 0.717) is 22.0 Å². The number of hydrogen-bond acceptors (Lipinski definition) is 4. The van der Waals surface area contributed by atoms with Gasteiger partial charge in [0, 0.05) is 11.7 Å². The van der Waals surface area contributed by atoms with Crippen LogP contribution in [0, 0.1) is 0 Å². The summed E-state index contributed by atoms with van der Waals surface area (Å²) in [6.07, 6.45) is 0. The lowest BCUT2D eigenvalue weighted by Gasteiger charge is -2.19. The normalized spacial score (nSPS) is 12.5. The van der Waals surface area contributed by atoms with Gasteiger partial charge in [-0.25, -0.2) is 4.98 Å². The van der Waals surface area contributed by atoms with Crippen LogP contribution in [-0.4, -0.2) is 20.7 Å². The Labute approximate surface area is 175 Å². The molecular weight excluding hydrogens is 382 g/mol. The third kappa shape index (κ3) is 4.53. The topological polar surface area (TPSA) is 64.0 Å². The number of thioether (sulfide) groups is 1. The van der Waals surface area contributed by atoms with Crippen molar-refractivity contribution in [1.82, 2.24) is 9.55 Å². The molecule has 1 atom stereocenters. The van der Waals surface area contributed by atoms with E-state index in [0.717, 1.165) is 11.3 Å². The molecule has 0 saturated heterocycles. The Kier molecular flexibility index (Phi) is 6.42. The minimum Gasteiger partial charge on any atom is -0.325 e. The van der Waals surface area contributed by atoms with E-state index in [4.69, 9.17) is 0 Å². The smallest absolute Gasteiger partial charge is 0.262 e. The van der Waals surface area contributed by atoms with Crippen molar-refractivity contribution in [2.24, 2.45) is 0 Å². The molecule has 1 N–H and O–H groups in total. The number of anilines is 1. The number of fused-ring (bicyclic) bond motifs is 1. The number of rotatable bonds is 6. The fourth-order valence-corrected chi connectivity index (χ4v) is 4.26. The number of carbonyl (C=O) groups is 1. The number of nitrogens with zero attached hydrogens (tertiary/aromatic N) is 2. The molecule has 2 aromatic carbocycles. The highest BCUT2D eigenvalue weighted by Crippen LogP contribution is 2.28. The molecule has 1 amide bonds. The molecule has 0 unspecified atom stereocenters. The predicted octanol–water partition coefficient (Wildman–Crippen LogP) is 5.22. The fourth-order valence-electron chi connectivity index (χ4n) is 3.22. The van der Waals surface area contributed by atoms with Gasteiger partial charge >= 0.3 is 0 Å². The fraction of sp³-hybridized carbons (Fsp3) is 0.348. The van der Waals surface area contributed by atoms with E-state index in [9.17, 15) is 9.59 Å². The minimum absolute atomic E-state index is 0.0564. The van der Waals surface area contributed by atoms with E-state index in [1.807, 2.05) is 63.2 Å². The molecule has 0 saturated carbocycles. The average Bonchev–Trinajstić information content (AvgIpc) is 2.68. The van der Waals surface area contributed by atoms with Gasteiger partial charge in [0.05, 0.1) is 16.2 Å². The quantitative estimate of drug-likeness (QED) is 0.448. The first kappa shape index (κ1) is 21.1. The molecule has 1 heterocycles. The van der Waals surface area contributed by atoms with Crippen LogP contribution in [0.5, 0.6) is 0 Å². The molecular formula is C23H27N3O2S. The number of nitrogens with one attached hydrogen (secondary N) is 1. The molecule has 29 heavy (non-hydrogen) atoms. The second kappa shape index (κ2) is 8.82. The number of benzene rings is 2. The van der Waals surface area contributed by atoms with Crippen LogP contribution in [0.25, 0.3) is 10.9 Å². The van der Waals surface area contributed by atoms with Gasteiger partial charge in [0.2, 0.25) is 5.91 Å². The van der Waals surface area contributed by atoms with Crippen molar-refractivity contribution < 1.29 is 4.79 Å². The van der Waals surface area contributed by atoms with Gasteiger partial charge in [-0.2, -0.15) is 0 Å². The van der Waals surface area contributed by atoms with Gasteiger partial charge < -0.3 is 5.32 Å². The summed E-state index contributed by atoms with van der Waals surface area (Å²) in [6.45, 7) is 9.94. The zero-order chi connectivity index (χ0) is 21.1. The van der Waals surface area contributed by atoms with E-state index in [-0.39, 0.29) is 17.5 Å². The van der Waals surface area contributed by atoms with Gasteiger partial charge in [0.15, 0.2) is 5.16 Å². The van der Waals surface area contributed by atoms with Crippen molar-refractivity contribution in [1.29, 1.82) is 0 Å². The van der Waals surface area contributed by atoms with Crippen LogP contribution >= 0.6 is 11.8 Å². The van der Waals surface area contributed by atoms with Crippen LogP contribution in [0.15, 0.2) is 58.5 Å². The minimum atomic E-state index is -0.409. The largest absolute Gasteiger partial charge is 0.325 e. The summed E-state index contributed by atoms with van der Waals surface area (Å²) >= 11 is 1.31. The van der Waals surface area contributed by atoms with Crippen molar-refractivity contribution in [3.05, 3.63) is 64.4 Å². The highest BCUT2D eigenvalue weighted by atomic mass is 32.2. The number of para-hydroxylation sites is 2. The van der Waals surface area contributed by atoms with Crippen molar-refractivity contribution in [3.63, 3.8) is 0 Å². The van der Waals surface area contributed by atoms with E-state index in [1.165, 1.54) is 11.8 Å². The molecule has 0 radical (unpaired) electrons. The summed E-state index contributed by atoms with van der Waals surface area (Å²) in [5.41, 5.74) is 2.49. The molecule has 0 aliphatic heterocycles. The van der Waals surface area contributed by atoms with Crippen LogP contribution in [0.4, 0.5) is 5.69 Å². The van der Waals surface area contributed by atoms with Gasteiger partial charge in [-0.15, -0.1) is 0 Å².